The largest absolute Gasteiger partial charge is 0.308 e. The number of rotatable bonds is 6. The van der Waals surface area contributed by atoms with Gasteiger partial charge in [0, 0.05) is 18.8 Å². The monoisotopic (exact) mass is 310 g/mol. The van der Waals surface area contributed by atoms with Crippen LogP contribution in [0.2, 0.25) is 0 Å². The summed E-state index contributed by atoms with van der Waals surface area (Å²) in [6.45, 7) is 0.0942. The first kappa shape index (κ1) is 15.4. The second-order valence-electron chi connectivity index (χ2n) is 4.26. The number of aromatic nitrogens is 1. The summed E-state index contributed by atoms with van der Waals surface area (Å²) in [6, 6.07) is 8.91. The van der Waals surface area contributed by atoms with E-state index in [4.69, 9.17) is 5.84 Å². The molecule has 0 bridgehead atoms. The Hall–Kier alpha value is -2.03. The highest BCUT2D eigenvalue weighted by molar-refractivity contribution is 7.89. The molecule has 0 fully saturated rings. The van der Waals surface area contributed by atoms with Gasteiger partial charge in [0.2, 0.25) is 10.0 Å². The van der Waals surface area contributed by atoms with Crippen LogP contribution in [-0.4, -0.2) is 19.9 Å². The van der Waals surface area contributed by atoms with E-state index >= 15 is 0 Å². The Morgan fingerprint density at radius 2 is 2.00 bits per heavy atom. The zero-order chi connectivity index (χ0) is 15.3. The molecule has 8 heteroatoms. The molecule has 0 saturated heterocycles. The topological polar surface area (TPSA) is 97.1 Å². The third-order valence-electron chi connectivity index (χ3n) is 2.83. The molecule has 1 aromatic heterocycles. The number of pyridine rings is 1. The molecule has 0 atom stereocenters. The molecule has 112 valence electrons. The van der Waals surface area contributed by atoms with Crippen LogP contribution in [0.3, 0.4) is 0 Å². The van der Waals surface area contributed by atoms with E-state index in [0.29, 0.717) is 5.56 Å². The summed E-state index contributed by atoms with van der Waals surface area (Å²) in [4.78, 5) is 3.87. The van der Waals surface area contributed by atoms with Crippen LogP contribution in [0.5, 0.6) is 0 Å². The fraction of sp³-hybridized carbons (Fsp3) is 0.154. The number of hydrazine groups is 1. The van der Waals surface area contributed by atoms with Gasteiger partial charge in [-0.15, -0.1) is 0 Å². The molecule has 1 heterocycles. The summed E-state index contributed by atoms with van der Waals surface area (Å²) in [7, 11) is -3.68. The Morgan fingerprint density at radius 1 is 1.24 bits per heavy atom. The lowest BCUT2D eigenvalue weighted by molar-refractivity contribution is 0.577. The molecule has 2 rings (SSSR count). The lowest BCUT2D eigenvalue weighted by Crippen LogP contribution is -2.26. The summed E-state index contributed by atoms with van der Waals surface area (Å²) in [6.07, 6.45) is 1.60. The van der Waals surface area contributed by atoms with Crippen molar-refractivity contribution in [1.29, 1.82) is 0 Å². The number of halogens is 1. The first-order valence-corrected chi connectivity index (χ1v) is 7.67. The second-order valence-corrected chi connectivity index (χ2v) is 6.03. The average molecular weight is 310 g/mol. The molecule has 0 aliphatic carbocycles. The fourth-order valence-electron chi connectivity index (χ4n) is 1.76. The first-order valence-electron chi connectivity index (χ1n) is 6.18. The van der Waals surface area contributed by atoms with Gasteiger partial charge in [0.1, 0.15) is 11.6 Å². The maximum absolute atomic E-state index is 13.4. The molecular formula is C13H15FN4O2S. The summed E-state index contributed by atoms with van der Waals surface area (Å²) < 4.78 is 40.0. The van der Waals surface area contributed by atoms with Crippen LogP contribution in [0.1, 0.15) is 5.56 Å². The third kappa shape index (κ3) is 3.97. The van der Waals surface area contributed by atoms with Crippen LogP contribution >= 0.6 is 0 Å². The summed E-state index contributed by atoms with van der Waals surface area (Å²) in [5, 5.41) is 0. The molecule has 0 spiro atoms. The second kappa shape index (κ2) is 6.61. The van der Waals surface area contributed by atoms with Gasteiger partial charge in [-0.05, 0) is 24.1 Å². The Labute approximate surface area is 122 Å². The molecule has 6 nitrogen and oxygen atoms in total. The summed E-state index contributed by atoms with van der Waals surface area (Å²) in [5.74, 6) is 5.08. The van der Waals surface area contributed by atoms with E-state index in [1.807, 2.05) is 0 Å². The Balaban J connectivity index is 2.03. The van der Waals surface area contributed by atoms with E-state index in [1.165, 1.54) is 24.4 Å². The highest BCUT2D eigenvalue weighted by Gasteiger charge is 2.14. The summed E-state index contributed by atoms with van der Waals surface area (Å²) >= 11 is 0. The van der Waals surface area contributed by atoms with E-state index in [0.717, 1.165) is 0 Å². The zero-order valence-electron chi connectivity index (χ0n) is 11.1. The minimum absolute atomic E-state index is 0.0407. The number of nitrogens with zero attached hydrogens (tertiary/aromatic N) is 1. The lowest BCUT2D eigenvalue weighted by atomic mass is 10.1. The van der Waals surface area contributed by atoms with Gasteiger partial charge in [-0.25, -0.2) is 28.4 Å². The van der Waals surface area contributed by atoms with Crippen LogP contribution in [0.15, 0.2) is 47.5 Å². The number of nitrogens with one attached hydrogen (secondary N) is 2. The smallest absolute Gasteiger partial charge is 0.240 e. The van der Waals surface area contributed by atoms with Crippen LogP contribution in [0, 0.1) is 5.82 Å². The fourth-order valence-corrected chi connectivity index (χ4v) is 2.81. The van der Waals surface area contributed by atoms with E-state index in [-0.39, 0.29) is 29.5 Å². The van der Waals surface area contributed by atoms with Gasteiger partial charge in [-0.2, -0.15) is 0 Å². The van der Waals surface area contributed by atoms with E-state index in [9.17, 15) is 12.8 Å². The van der Waals surface area contributed by atoms with E-state index < -0.39 is 10.0 Å². The minimum Gasteiger partial charge on any atom is -0.308 e. The van der Waals surface area contributed by atoms with Gasteiger partial charge in [-0.3, -0.25) is 0 Å². The van der Waals surface area contributed by atoms with Crippen molar-refractivity contribution in [3.63, 3.8) is 0 Å². The van der Waals surface area contributed by atoms with Gasteiger partial charge >= 0.3 is 0 Å². The predicted molar refractivity (Wildman–Crippen MR) is 77.3 cm³/mol. The van der Waals surface area contributed by atoms with E-state index in [2.05, 4.69) is 15.1 Å². The van der Waals surface area contributed by atoms with Crippen LogP contribution in [0.25, 0.3) is 0 Å². The van der Waals surface area contributed by atoms with Crippen molar-refractivity contribution in [3.05, 3.63) is 54.0 Å². The molecule has 4 N–H and O–H groups in total. The average Bonchev–Trinajstić information content (AvgIpc) is 2.49. The molecule has 2 aromatic rings. The van der Waals surface area contributed by atoms with E-state index in [1.54, 1.807) is 18.2 Å². The number of hydrogen-bond donors (Lipinski definition) is 3. The normalized spacial score (nSPS) is 11.3. The SMILES string of the molecule is NNc1cc(S(=O)(=O)NCCc2ccccc2F)ccn1. The van der Waals surface area contributed by atoms with Crippen molar-refractivity contribution in [3.8, 4) is 0 Å². The highest BCUT2D eigenvalue weighted by Crippen LogP contribution is 2.12. The molecule has 0 aliphatic heterocycles. The van der Waals surface area contributed by atoms with Crippen molar-refractivity contribution in [1.82, 2.24) is 9.71 Å². The summed E-state index contributed by atoms with van der Waals surface area (Å²) in [5.41, 5.74) is 2.73. The predicted octanol–water partition coefficient (Wildman–Crippen LogP) is 1.03. The van der Waals surface area contributed by atoms with Crippen molar-refractivity contribution in [2.24, 2.45) is 5.84 Å². The third-order valence-corrected chi connectivity index (χ3v) is 4.29. The molecular weight excluding hydrogens is 295 g/mol. The minimum atomic E-state index is -3.68. The number of nitrogens with two attached hydrogens (primary N) is 1. The maximum Gasteiger partial charge on any atom is 0.240 e. The van der Waals surface area contributed by atoms with Gasteiger partial charge < -0.3 is 5.43 Å². The molecule has 0 saturated carbocycles. The van der Waals surface area contributed by atoms with Gasteiger partial charge in [-0.1, -0.05) is 18.2 Å². The Bertz CT molecular complexity index is 722. The van der Waals surface area contributed by atoms with Crippen molar-refractivity contribution in [2.45, 2.75) is 11.3 Å². The number of nitrogen functional groups attached to an aromatic ring is 1. The number of sulfonamides is 1. The van der Waals surface area contributed by atoms with Crippen LogP contribution < -0.4 is 16.0 Å². The van der Waals surface area contributed by atoms with Gasteiger partial charge in [0.25, 0.3) is 0 Å². The van der Waals surface area contributed by atoms with Crippen molar-refractivity contribution < 1.29 is 12.8 Å². The zero-order valence-corrected chi connectivity index (χ0v) is 11.9. The van der Waals surface area contributed by atoms with Gasteiger partial charge in [0.05, 0.1) is 4.90 Å². The lowest BCUT2D eigenvalue weighted by Gasteiger charge is -2.08. The first-order chi connectivity index (χ1) is 10.0. The molecule has 21 heavy (non-hydrogen) atoms. The maximum atomic E-state index is 13.4. The number of hydrogen-bond acceptors (Lipinski definition) is 5. The quantitative estimate of drug-likeness (QED) is 0.547. The van der Waals surface area contributed by atoms with Crippen molar-refractivity contribution in [2.75, 3.05) is 12.0 Å². The molecule has 1 aromatic carbocycles. The molecule has 0 unspecified atom stereocenters. The standard InChI is InChI=1S/C13H15FN4O2S/c14-12-4-2-1-3-10(12)5-8-17-21(19,20)11-6-7-16-13(9-11)18-15/h1-4,6-7,9,17H,5,8,15H2,(H,16,18). The van der Waals surface area contributed by atoms with Gasteiger partial charge in [0.15, 0.2) is 0 Å². The number of anilines is 1. The number of benzene rings is 1. The van der Waals surface area contributed by atoms with Crippen LogP contribution in [0.4, 0.5) is 10.2 Å². The van der Waals surface area contributed by atoms with Crippen LogP contribution in [-0.2, 0) is 16.4 Å². The highest BCUT2D eigenvalue weighted by atomic mass is 32.2. The Kier molecular flexibility index (Phi) is 4.84. The molecule has 0 radical (unpaired) electrons. The molecule has 0 amide bonds. The van der Waals surface area contributed by atoms with Crippen molar-refractivity contribution >= 4 is 15.8 Å². The Morgan fingerprint density at radius 3 is 2.71 bits per heavy atom. The molecule has 0 aliphatic rings.